The molecule has 168 valence electrons. The molecule has 0 radical (unpaired) electrons. The van der Waals surface area contributed by atoms with Crippen LogP contribution in [0.5, 0.6) is 5.75 Å². The van der Waals surface area contributed by atoms with E-state index in [1.54, 1.807) is 0 Å². The first-order valence-corrected chi connectivity index (χ1v) is 11.5. The van der Waals surface area contributed by atoms with E-state index < -0.39 is 0 Å². The zero-order valence-electron chi connectivity index (χ0n) is 18.9. The molecule has 3 aromatic rings. The van der Waals surface area contributed by atoms with Crippen LogP contribution in [0.15, 0.2) is 59.0 Å². The smallest absolute Gasteiger partial charge is 0.309 e. The topological polar surface area (TPSA) is 61.6 Å². The van der Waals surface area contributed by atoms with Gasteiger partial charge in [-0.15, -0.1) is 0 Å². The summed E-state index contributed by atoms with van der Waals surface area (Å²) in [5.41, 5.74) is 3.10. The van der Waals surface area contributed by atoms with Crippen LogP contribution in [0.3, 0.4) is 0 Å². The van der Waals surface area contributed by atoms with E-state index >= 15 is 0 Å². The molecular weight excluding hydrogens is 402 g/mol. The standard InChI is InChI=1S/C27H31NO4/c1-3-30-27(29)24-14-8-12-22(24)17-20-9-7-13-23(18-20)31-16-15-25-19(2)32-26(28-25)21-10-5-4-6-11-21/h4-7,9-11,13,18,22,24H,3,8,12,14-17H2,1-2H3/t22-,24-/m0/s1. The van der Waals surface area contributed by atoms with Crippen LogP contribution in [-0.4, -0.2) is 24.2 Å². The van der Waals surface area contributed by atoms with Gasteiger partial charge in [-0.3, -0.25) is 4.79 Å². The van der Waals surface area contributed by atoms with Gasteiger partial charge in [-0.2, -0.15) is 0 Å². The Bertz CT molecular complexity index is 1030. The third-order valence-electron chi connectivity index (χ3n) is 6.17. The van der Waals surface area contributed by atoms with Crippen LogP contribution in [0.1, 0.15) is 43.2 Å². The number of oxazole rings is 1. The summed E-state index contributed by atoms with van der Waals surface area (Å²) in [6.07, 6.45) is 4.65. The summed E-state index contributed by atoms with van der Waals surface area (Å²) in [7, 11) is 0. The highest BCUT2D eigenvalue weighted by Crippen LogP contribution is 2.35. The van der Waals surface area contributed by atoms with E-state index in [-0.39, 0.29) is 11.9 Å². The van der Waals surface area contributed by atoms with Crippen LogP contribution >= 0.6 is 0 Å². The highest BCUT2D eigenvalue weighted by molar-refractivity contribution is 5.73. The maximum absolute atomic E-state index is 12.2. The van der Waals surface area contributed by atoms with E-state index in [0.29, 0.717) is 31.4 Å². The molecule has 1 aliphatic rings. The quantitative estimate of drug-likeness (QED) is 0.400. The number of benzene rings is 2. The van der Waals surface area contributed by atoms with Crippen molar-refractivity contribution in [3.63, 3.8) is 0 Å². The number of hydrogen-bond acceptors (Lipinski definition) is 5. The van der Waals surface area contributed by atoms with Crippen LogP contribution in [-0.2, 0) is 22.4 Å². The maximum atomic E-state index is 12.2. The molecule has 0 unspecified atom stereocenters. The summed E-state index contributed by atoms with van der Waals surface area (Å²) < 4.78 is 17.1. The van der Waals surface area contributed by atoms with Gasteiger partial charge in [0.25, 0.3) is 0 Å². The predicted octanol–water partition coefficient (Wildman–Crippen LogP) is 5.79. The molecule has 5 nitrogen and oxygen atoms in total. The first-order chi connectivity index (χ1) is 15.6. The van der Waals surface area contributed by atoms with Crippen molar-refractivity contribution >= 4 is 5.97 Å². The highest BCUT2D eigenvalue weighted by Gasteiger charge is 2.33. The van der Waals surface area contributed by atoms with E-state index in [4.69, 9.17) is 13.9 Å². The van der Waals surface area contributed by atoms with Crippen molar-refractivity contribution in [2.45, 2.75) is 46.0 Å². The van der Waals surface area contributed by atoms with Crippen molar-refractivity contribution in [3.05, 3.63) is 71.6 Å². The van der Waals surface area contributed by atoms with E-state index in [2.05, 4.69) is 17.1 Å². The number of carbonyl (C=O) groups is 1. The molecule has 1 heterocycles. The van der Waals surface area contributed by atoms with Gasteiger partial charge in [-0.25, -0.2) is 4.98 Å². The Morgan fingerprint density at radius 3 is 2.78 bits per heavy atom. The largest absolute Gasteiger partial charge is 0.493 e. The first kappa shape index (κ1) is 22.1. The summed E-state index contributed by atoms with van der Waals surface area (Å²) in [5.74, 6) is 2.64. The highest BCUT2D eigenvalue weighted by atomic mass is 16.5. The van der Waals surface area contributed by atoms with Gasteiger partial charge in [-0.05, 0) is 68.9 Å². The second-order valence-electron chi connectivity index (χ2n) is 8.39. The summed E-state index contributed by atoms with van der Waals surface area (Å²) >= 11 is 0. The Morgan fingerprint density at radius 2 is 1.97 bits per heavy atom. The van der Waals surface area contributed by atoms with Gasteiger partial charge in [0.05, 0.1) is 24.8 Å². The number of esters is 1. The van der Waals surface area contributed by atoms with Gasteiger partial charge in [0.1, 0.15) is 11.5 Å². The van der Waals surface area contributed by atoms with E-state index in [0.717, 1.165) is 48.5 Å². The molecule has 1 aliphatic carbocycles. The predicted molar refractivity (Wildman–Crippen MR) is 123 cm³/mol. The SMILES string of the molecule is CCOC(=O)[C@H]1CCC[C@H]1Cc1cccc(OCCc2nc(-c3ccccc3)oc2C)c1. The minimum absolute atomic E-state index is 0.0217. The Kier molecular flexibility index (Phi) is 7.25. The van der Waals surface area contributed by atoms with Crippen LogP contribution in [0, 0.1) is 18.8 Å². The molecule has 2 aromatic carbocycles. The molecular formula is C27H31NO4. The lowest BCUT2D eigenvalue weighted by atomic mass is 9.89. The third-order valence-corrected chi connectivity index (χ3v) is 6.17. The van der Waals surface area contributed by atoms with E-state index in [1.165, 1.54) is 5.56 Å². The van der Waals surface area contributed by atoms with Crippen LogP contribution in [0.25, 0.3) is 11.5 Å². The lowest BCUT2D eigenvalue weighted by Crippen LogP contribution is -2.23. The number of aromatic nitrogens is 1. The van der Waals surface area contributed by atoms with Gasteiger partial charge in [0.15, 0.2) is 0 Å². The lowest BCUT2D eigenvalue weighted by molar-refractivity contribution is -0.149. The van der Waals surface area contributed by atoms with Gasteiger partial charge in [0, 0.05) is 12.0 Å². The zero-order valence-corrected chi connectivity index (χ0v) is 18.9. The van der Waals surface area contributed by atoms with Crippen molar-refractivity contribution in [2.24, 2.45) is 11.8 Å². The summed E-state index contributed by atoms with van der Waals surface area (Å²) in [4.78, 5) is 16.9. The summed E-state index contributed by atoms with van der Waals surface area (Å²) in [5, 5.41) is 0. The summed E-state index contributed by atoms with van der Waals surface area (Å²) in [6.45, 7) is 4.78. The summed E-state index contributed by atoms with van der Waals surface area (Å²) in [6, 6.07) is 18.1. The lowest BCUT2D eigenvalue weighted by Gasteiger charge is -2.18. The molecule has 0 aliphatic heterocycles. The maximum Gasteiger partial charge on any atom is 0.309 e. The first-order valence-electron chi connectivity index (χ1n) is 11.5. The fourth-order valence-corrected chi connectivity index (χ4v) is 4.54. The molecule has 32 heavy (non-hydrogen) atoms. The zero-order chi connectivity index (χ0) is 22.3. The molecule has 4 rings (SSSR count). The van der Waals surface area contributed by atoms with Crippen molar-refractivity contribution in [1.29, 1.82) is 0 Å². The van der Waals surface area contributed by atoms with Crippen LogP contribution in [0.4, 0.5) is 0 Å². The second-order valence-corrected chi connectivity index (χ2v) is 8.39. The van der Waals surface area contributed by atoms with Crippen LogP contribution < -0.4 is 4.74 Å². The average Bonchev–Trinajstić information content (AvgIpc) is 3.41. The Hall–Kier alpha value is -3.08. The fourth-order valence-electron chi connectivity index (χ4n) is 4.54. The Balaban J connectivity index is 1.33. The third kappa shape index (κ3) is 5.39. The number of carbonyl (C=O) groups excluding carboxylic acids is 1. The minimum Gasteiger partial charge on any atom is -0.493 e. The second kappa shape index (κ2) is 10.5. The molecule has 0 bridgehead atoms. The van der Waals surface area contributed by atoms with E-state index in [1.807, 2.05) is 56.3 Å². The number of nitrogens with zero attached hydrogens (tertiary/aromatic N) is 1. The molecule has 1 aromatic heterocycles. The van der Waals surface area contributed by atoms with Crippen molar-refractivity contribution in [2.75, 3.05) is 13.2 Å². The number of rotatable bonds is 9. The van der Waals surface area contributed by atoms with E-state index in [9.17, 15) is 4.79 Å². The monoisotopic (exact) mass is 433 g/mol. The molecule has 1 fully saturated rings. The normalized spacial score (nSPS) is 17.9. The molecule has 2 atom stereocenters. The molecule has 0 saturated heterocycles. The fraction of sp³-hybridized carbons (Fsp3) is 0.407. The average molecular weight is 434 g/mol. The van der Waals surface area contributed by atoms with Gasteiger partial charge >= 0.3 is 5.97 Å². The Morgan fingerprint density at radius 1 is 1.12 bits per heavy atom. The molecule has 0 spiro atoms. The van der Waals surface area contributed by atoms with Gasteiger partial charge < -0.3 is 13.9 Å². The van der Waals surface area contributed by atoms with Crippen molar-refractivity contribution in [1.82, 2.24) is 4.98 Å². The molecule has 5 heteroatoms. The number of hydrogen-bond donors (Lipinski definition) is 0. The van der Waals surface area contributed by atoms with Gasteiger partial charge in [-0.1, -0.05) is 36.8 Å². The van der Waals surface area contributed by atoms with Crippen LogP contribution in [0.2, 0.25) is 0 Å². The molecule has 1 saturated carbocycles. The minimum atomic E-state index is -0.0414. The van der Waals surface area contributed by atoms with Gasteiger partial charge in [0.2, 0.25) is 5.89 Å². The van der Waals surface area contributed by atoms with Crippen molar-refractivity contribution < 1.29 is 18.7 Å². The number of aryl methyl sites for hydroxylation is 1. The van der Waals surface area contributed by atoms with Crippen molar-refractivity contribution in [3.8, 4) is 17.2 Å². The number of ether oxygens (including phenoxy) is 2. The Labute approximate surface area is 189 Å². The molecule has 0 N–H and O–H groups in total. The molecule has 0 amide bonds.